The first kappa shape index (κ1) is 17.2. The van der Waals surface area contributed by atoms with Gasteiger partial charge in [-0.25, -0.2) is 0 Å². The molecule has 1 atom stereocenters. The van der Waals surface area contributed by atoms with Crippen LogP contribution in [-0.4, -0.2) is 37.8 Å². The summed E-state index contributed by atoms with van der Waals surface area (Å²) in [5.74, 6) is 0.799. The summed E-state index contributed by atoms with van der Waals surface area (Å²) in [5, 5.41) is 7.07. The number of thiocarbonyl (C=S) groups is 1. The van der Waals surface area contributed by atoms with Gasteiger partial charge in [0.15, 0.2) is 5.11 Å². The first-order valence-electron chi connectivity index (χ1n) is 7.50. The van der Waals surface area contributed by atoms with Crippen LogP contribution in [0.5, 0.6) is 5.75 Å². The predicted molar refractivity (Wildman–Crippen MR) is 100 cm³/mol. The van der Waals surface area contributed by atoms with Gasteiger partial charge in [-0.3, -0.25) is 0 Å². The van der Waals surface area contributed by atoms with Crippen LogP contribution >= 0.6 is 12.2 Å². The topological polar surface area (TPSA) is 36.5 Å². The van der Waals surface area contributed by atoms with Gasteiger partial charge < -0.3 is 20.3 Å². The Hall–Kier alpha value is -2.11. The Morgan fingerprint density at radius 3 is 2.52 bits per heavy atom. The van der Waals surface area contributed by atoms with Gasteiger partial charge in [0.1, 0.15) is 5.75 Å². The van der Waals surface area contributed by atoms with Crippen molar-refractivity contribution in [3.8, 4) is 5.75 Å². The predicted octanol–water partition coefficient (Wildman–Crippen LogP) is 3.28. The van der Waals surface area contributed by atoms with Crippen LogP contribution in [-0.2, 0) is 0 Å². The molecule has 2 aromatic rings. The fourth-order valence-corrected chi connectivity index (χ4v) is 2.54. The van der Waals surface area contributed by atoms with Crippen LogP contribution in [0.3, 0.4) is 0 Å². The highest BCUT2D eigenvalue weighted by Gasteiger charge is 2.13. The van der Waals surface area contributed by atoms with Crippen molar-refractivity contribution in [2.45, 2.75) is 6.04 Å². The molecular weight excluding hydrogens is 306 g/mol. The molecule has 0 radical (unpaired) electrons. The van der Waals surface area contributed by atoms with Crippen molar-refractivity contribution in [3.63, 3.8) is 0 Å². The first-order chi connectivity index (χ1) is 11.1. The lowest BCUT2D eigenvalue weighted by Gasteiger charge is -2.25. The normalized spacial score (nSPS) is 11.8. The fourth-order valence-electron chi connectivity index (χ4n) is 2.34. The summed E-state index contributed by atoms with van der Waals surface area (Å²) >= 11 is 5.39. The van der Waals surface area contributed by atoms with E-state index in [2.05, 4.69) is 53.9 Å². The number of ether oxygens (including phenoxy) is 1. The maximum atomic E-state index is 5.39. The summed E-state index contributed by atoms with van der Waals surface area (Å²) in [6, 6.07) is 18.3. The number of hydrogen-bond acceptors (Lipinski definition) is 3. The smallest absolute Gasteiger partial charge is 0.170 e. The zero-order valence-electron chi connectivity index (χ0n) is 13.7. The summed E-state index contributed by atoms with van der Waals surface area (Å²) in [6.07, 6.45) is 0. The third kappa shape index (κ3) is 5.23. The molecule has 5 heteroatoms. The van der Waals surface area contributed by atoms with E-state index >= 15 is 0 Å². The minimum Gasteiger partial charge on any atom is -0.497 e. The molecule has 0 aliphatic rings. The van der Waals surface area contributed by atoms with Crippen LogP contribution < -0.4 is 15.4 Å². The van der Waals surface area contributed by atoms with Crippen molar-refractivity contribution in [2.24, 2.45) is 0 Å². The molecule has 4 nitrogen and oxygen atoms in total. The molecule has 0 amide bonds. The Kier molecular flexibility index (Phi) is 6.38. The molecule has 2 rings (SSSR count). The molecule has 2 aromatic carbocycles. The molecule has 0 spiro atoms. The number of likely N-dealkylation sites (N-methyl/N-ethyl adjacent to an activating group) is 1. The summed E-state index contributed by atoms with van der Waals surface area (Å²) < 4.78 is 5.21. The van der Waals surface area contributed by atoms with Gasteiger partial charge in [-0.2, -0.15) is 0 Å². The Labute approximate surface area is 143 Å². The van der Waals surface area contributed by atoms with E-state index in [1.807, 2.05) is 30.3 Å². The number of nitrogens with one attached hydrogen (secondary N) is 2. The van der Waals surface area contributed by atoms with Gasteiger partial charge in [0.05, 0.1) is 13.2 Å². The molecule has 0 aliphatic heterocycles. The minimum absolute atomic E-state index is 0.251. The fraction of sp³-hybridized carbons (Fsp3) is 0.278. The van der Waals surface area contributed by atoms with Crippen molar-refractivity contribution in [3.05, 3.63) is 60.2 Å². The Morgan fingerprint density at radius 1 is 1.13 bits per heavy atom. The van der Waals surface area contributed by atoms with E-state index in [1.165, 1.54) is 5.56 Å². The highest BCUT2D eigenvalue weighted by atomic mass is 32.1. The van der Waals surface area contributed by atoms with Crippen molar-refractivity contribution < 1.29 is 4.74 Å². The van der Waals surface area contributed by atoms with E-state index < -0.39 is 0 Å². The average Bonchev–Trinajstić information content (AvgIpc) is 2.56. The highest BCUT2D eigenvalue weighted by molar-refractivity contribution is 7.80. The standard InChI is InChI=1S/C18H23N3OS/c1-21(2)17(14-8-5-4-6-9-14)13-19-18(23)20-15-10-7-11-16(12-15)22-3/h4-12,17H,13H2,1-3H3,(H2,19,20,23)/t17-/m0/s1. The van der Waals surface area contributed by atoms with Crippen LogP contribution in [0.1, 0.15) is 11.6 Å². The summed E-state index contributed by atoms with van der Waals surface area (Å²) in [4.78, 5) is 2.18. The summed E-state index contributed by atoms with van der Waals surface area (Å²) in [5.41, 5.74) is 2.16. The van der Waals surface area contributed by atoms with E-state index in [1.54, 1.807) is 7.11 Å². The molecule has 0 unspecified atom stereocenters. The number of hydrogen-bond donors (Lipinski definition) is 2. The van der Waals surface area contributed by atoms with Crippen LogP contribution in [0, 0.1) is 0 Å². The molecule has 0 heterocycles. The molecule has 0 aromatic heterocycles. The zero-order valence-corrected chi connectivity index (χ0v) is 14.6. The van der Waals surface area contributed by atoms with Crippen molar-refractivity contribution in [2.75, 3.05) is 33.1 Å². The van der Waals surface area contributed by atoms with Gasteiger partial charge in [0.25, 0.3) is 0 Å². The van der Waals surface area contributed by atoms with Gasteiger partial charge in [0, 0.05) is 18.3 Å². The number of nitrogens with zero attached hydrogens (tertiary/aromatic N) is 1. The number of methoxy groups -OCH3 is 1. The van der Waals surface area contributed by atoms with Gasteiger partial charge in [-0.05, 0) is 44.0 Å². The molecule has 0 bridgehead atoms. The second-order valence-corrected chi connectivity index (χ2v) is 5.87. The van der Waals surface area contributed by atoms with Gasteiger partial charge in [-0.1, -0.05) is 36.4 Å². The Balaban J connectivity index is 1.94. The van der Waals surface area contributed by atoms with Gasteiger partial charge >= 0.3 is 0 Å². The van der Waals surface area contributed by atoms with Gasteiger partial charge in [0.2, 0.25) is 0 Å². The monoisotopic (exact) mass is 329 g/mol. The quantitative estimate of drug-likeness (QED) is 0.796. The molecular formula is C18H23N3OS. The Morgan fingerprint density at radius 2 is 1.87 bits per heavy atom. The van der Waals surface area contributed by atoms with E-state index in [-0.39, 0.29) is 6.04 Å². The SMILES string of the molecule is COc1cccc(NC(=S)NC[C@@H](c2ccccc2)N(C)C)c1. The summed E-state index contributed by atoms with van der Waals surface area (Å²) in [7, 11) is 5.78. The van der Waals surface area contributed by atoms with Crippen LogP contribution in [0.4, 0.5) is 5.69 Å². The van der Waals surface area contributed by atoms with Crippen molar-refractivity contribution in [1.82, 2.24) is 10.2 Å². The lowest BCUT2D eigenvalue weighted by Crippen LogP contribution is -2.36. The minimum atomic E-state index is 0.251. The van der Waals surface area contributed by atoms with Crippen molar-refractivity contribution in [1.29, 1.82) is 0 Å². The molecule has 122 valence electrons. The highest BCUT2D eigenvalue weighted by Crippen LogP contribution is 2.18. The largest absolute Gasteiger partial charge is 0.497 e. The molecule has 2 N–H and O–H groups in total. The van der Waals surface area contributed by atoms with Crippen LogP contribution in [0.25, 0.3) is 0 Å². The summed E-state index contributed by atoms with van der Waals surface area (Å²) in [6.45, 7) is 0.729. The van der Waals surface area contributed by atoms with E-state index in [0.29, 0.717) is 5.11 Å². The number of rotatable bonds is 6. The molecule has 0 saturated heterocycles. The van der Waals surface area contributed by atoms with Crippen LogP contribution in [0.2, 0.25) is 0 Å². The van der Waals surface area contributed by atoms with E-state index in [0.717, 1.165) is 18.0 Å². The molecule has 0 fully saturated rings. The maximum Gasteiger partial charge on any atom is 0.170 e. The second kappa shape index (κ2) is 8.50. The molecule has 23 heavy (non-hydrogen) atoms. The van der Waals surface area contributed by atoms with Gasteiger partial charge in [-0.15, -0.1) is 0 Å². The molecule has 0 saturated carbocycles. The van der Waals surface area contributed by atoms with Crippen LogP contribution in [0.15, 0.2) is 54.6 Å². The Bertz CT molecular complexity index is 631. The lowest BCUT2D eigenvalue weighted by atomic mass is 10.1. The molecule has 0 aliphatic carbocycles. The number of anilines is 1. The lowest BCUT2D eigenvalue weighted by molar-refractivity contribution is 0.299. The van der Waals surface area contributed by atoms with E-state index in [4.69, 9.17) is 17.0 Å². The third-order valence-electron chi connectivity index (χ3n) is 3.59. The van der Waals surface area contributed by atoms with E-state index in [9.17, 15) is 0 Å². The zero-order chi connectivity index (χ0) is 16.7. The first-order valence-corrected chi connectivity index (χ1v) is 7.91. The second-order valence-electron chi connectivity index (χ2n) is 5.46. The maximum absolute atomic E-state index is 5.39. The third-order valence-corrected chi connectivity index (χ3v) is 3.84. The van der Waals surface area contributed by atoms with Crippen molar-refractivity contribution >= 4 is 23.0 Å². The average molecular weight is 329 g/mol. The number of benzene rings is 2.